The fourth-order valence-electron chi connectivity index (χ4n) is 4.88. The van der Waals surface area contributed by atoms with E-state index in [9.17, 15) is 14.4 Å². The fourth-order valence-corrected chi connectivity index (χ4v) is 4.88. The lowest BCUT2D eigenvalue weighted by atomic mass is 10.00. The number of rotatable bonds is 14. The van der Waals surface area contributed by atoms with Crippen molar-refractivity contribution >= 4 is 29.0 Å². The number of para-hydroxylation sites is 2. The molecule has 0 bridgehead atoms. The van der Waals surface area contributed by atoms with E-state index < -0.39 is 12.0 Å². The third-order valence-electron chi connectivity index (χ3n) is 7.14. The quantitative estimate of drug-likeness (QED) is 0.134. The molecule has 1 N–H and O–H groups in total. The number of amides is 1. The number of methoxy groups -OCH3 is 1. The molecule has 0 fully saturated rings. The van der Waals surface area contributed by atoms with Crippen molar-refractivity contribution in [3.05, 3.63) is 125 Å². The Hall–Kier alpha value is -4.91. The van der Waals surface area contributed by atoms with Crippen LogP contribution in [0.5, 0.6) is 5.75 Å². The molecule has 4 rings (SSSR count). The lowest BCUT2D eigenvalue weighted by Gasteiger charge is -2.24. The first-order valence-electron chi connectivity index (χ1n) is 14.5. The molecule has 4 aromatic carbocycles. The van der Waals surface area contributed by atoms with Gasteiger partial charge >= 0.3 is 5.97 Å². The molecule has 0 spiro atoms. The molecule has 1 atom stereocenters. The number of hydrogen-bond acceptors (Lipinski definition) is 6. The van der Waals surface area contributed by atoms with Gasteiger partial charge < -0.3 is 19.7 Å². The van der Waals surface area contributed by atoms with Crippen molar-refractivity contribution in [1.82, 2.24) is 0 Å². The van der Waals surface area contributed by atoms with E-state index in [1.165, 1.54) is 7.11 Å². The van der Waals surface area contributed by atoms with E-state index in [4.69, 9.17) is 9.47 Å². The zero-order valence-corrected chi connectivity index (χ0v) is 24.9. The molecule has 0 saturated heterocycles. The molecule has 0 saturated carbocycles. The Kier molecular flexibility index (Phi) is 11.1. The van der Waals surface area contributed by atoms with Crippen LogP contribution >= 0.6 is 0 Å². The summed E-state index contributed by atoms with van der Waals surface area (Å²) in [5.41, 5.74) is 4.43. The van der Waals surface area contributed by atoms with Gasteiger partial charge in [0.15, 0.2) is 5.78 Å². The molecule has 0 aromatic heterocycles. The summed E-state index contributed by atoms with van der Waals surface area (Å²) in [5, 5.41) is 3.24. The summed E-state index contributed by atoms with van der Waals surface area (Å²) in [6.07, 6.45) is 1.59. The maximum absolute atomic E-state index is 13.2. The molecule has 0 aliphatic rings. The van der Waals surface area contributed by atoms with Gasteiger partial charge in [0.1, 0.15) is 18.4 Å². The molecule has 7 nitrogen and oxygen atoms in total. The Morgan fingerprint density at radius 3 is 2.21 bits per heavy atom. The third kappa shape index (κ3) is 8.32. The van der Waals surface area contributed by atoms with Gasteiger partial charge in [-0.1, -0.05) is 79.7 Å². The summed E-state index contributed by atoms with van der Waals surface area (Å²) in [4.78, 5) is 40.6. The number of ketones is 1. The number of anilines is 2. The van der Waals surface area contributed by atoms with Gasteiger partial charge in [-0.05, 0) is 54.8 Å². The molecular formula is C36H38N2O5. The Bertz CT molecular complexity index is 1520. The van der Waals surface area contributed by atoms with Crippen molar-refractivity contribution in [2.75, 3.05) is 30.5 Å². The fraction of sp³-hybridized carbons (Fsp3) is 0.250. The monoisotopic (exact) mass is 578 g/mol. The molecule has 0 unspecified atom stereocenters. The number of ether oxygens (including phenoxy) is 2. The average molecular weight is 579 g/mol. The molecule has 1 amide bonds. The number of carbonyl (C=O) groups excluding carboxylic acids is 3. The second-order valence-corrected chi connectivity index (χ2v) is 10.2. The summed E-state index contributed by atoms with van der Waals surface area (Å²) in [5.74, 6) is 0.170. The molecule has 0 heterocycles. The largest absolute Gasteiger partial charge is 0.492 e. The number of carbonyl (C=O) groups is 3. The normalized spacial score (nSPS) is 11.3. The topological polar surface area (TPSA) is 84.9 Å². The van der Waals surface area contributed by atoms with Gasteiger partial charge in [-0.25, -0.2) is 4.79 Å². The van der Waals surface area contributed by atoms with Crippen LogP contribution in [-0.2, 0) is 20.7 Å². The van der Waals surface area contributed by atoms with Crippen molar-refractivity contribution < 1.29 is 23.9 Å². The van der Waals surface area contributed by atoms with Crippen molar-refractivity contribution in [3.63, 3.8) is 0 Å². The van der Waals surface area contributed by atoms with E-state index in [-0.39, 0.29) is 11.7 Å². The molecule has 0 aliphatic carbocycles. The molecule has 0 aliphatic heterocycles. The van der Waals surface area contributed by atoms with Crippen LogP contribution in [0.2, 0.25) is 0 Å². The summed E-state index contributed by atoms with van der Waals surface area (Å²) >= 11 is 0. The molecular weight excluding hydrogens is 540 g/mol. The third-order valence-corrected chi connectivity index (χ3v) is 7.14. The molecule has 4 aromatic rings. The lowest BCUT2D eigenvalue weighted by molar-refractivity contribution is -0.141. The standard InChI is InChI=1S/C36H38N2O5/c1-4-12-34(39)38(33-18-11-8-13-26(33)2)23-24-43-29-21-19-27(20-22-29)25-32(36(41)42-3)37-31-17-10-9-16-30(31)35(40)28-14-6-5-7-15-28/h5-11,13-22,32,37H,4,12,23-25H2,1-3H3/t32-/m0/s1. The predicted molar refractivity (Wildman–Crippen MR) is 170 cm³/mol. The van der Waals surface area contributed by atoms with Gasteiger partial charge in [-0.3, -0.25) is 9.59 Å². The number of nitrogens with zero attached hydrogens (tertiary/aromatic N) is 1. The summed E-state index contributed by atoms with van der Waals surface area (Å²) in [6.45, 7) is 4.76. The second-order valence-electron chi connectivity index (χ2n) is 10.2. The van der Waals surface area contributed by atoms with Gasteiger partial charge in [0.2, 0.25) is 5.91 Å². The van der Waals surface area contributed by atoms with Crippen molar-refractivity contribution in [2.45, 2.75) is 39.2 Å². The highest BCUT2D eigenvalue weighted by Gasteiger charge is 2.23. The minimum Gasteiger partial charge on any atom is -0.492 e. The Morgan fingerprint density at radius 2 is 1.51 bits per heavy atom. The van der Waals surface area contributed by atoms with Gasteiger partial charge in [0, 0.05) is 35.3 Å². The number of benzene rings is 4. The van der Waals surface area contributed by atoms with Crippen LogP contribution in [0.4, 0.5) is 11.4 Å². The van der Waals surface area contributed by atoms with Gasteiger partial charge in [0.25, 0.3) is 0 Å². The zero-order valence-electron chi connectivity index (χ0n) is 24.9. The maximum Gasteiger partial charge on any atom is 0.328 e. The number of esters is 1. The highest BCUT2D eigenvalue weighted by atomic mass is 16.5. The van der Waals surface area contributed by atoms with Crippen LogP contribution in [0, 0.1) is 6.92 Å². The van der Waals surface area contributed by atoms with E-state index in [0.717, 1.165) is 23.2 Å². The van der Waals surface area contributed by atoms with Crippen LogP contribution in [0.3, 0.4) is 0 Å². The van der Waals surface area contributed by atoms with Crippen molar-refractivity contribution in [1.29, 1.82) is 0 Å². The Labute approximate surface area is 253 Å². The molecule has 43 heavy (non-hydrogen) atoms. The zero-order chi connectivity index (χ0) is 30.6. The number of aryl methyl sites for hydroxylation is 1. The summed E-state index contributed by atoms with van der Waals surface area (Å²) in [6, 6.07) is 30.8. The van der Waals surface area contributed by atoms with Gasteiger partial charge in [-0.15, -0.1) is 0 Å². The molecule has 222 valence electrons. The smallest absolute Gasteiger partial charge is 0.328 e. The lowest BCUT2D eigenvalue weighted by Crippen LogP contribution is -2.35. The van der Waals surface area contributed by atoms with Gasteiger partial charge in [-0.2, -0.15) is 0 Å². The summed E-state index contributed by atoms with van der Waals surface area (Å²) in [7, 11) is 1.35. The van der Waals surface area contributed by atoms with E-state index in [0.29, 0.717) is 48.6 Å². The first kappa shape index (κ1) is 31.0. The Morgan fingerprint density at radius 1 is 0.837 bits per heavy atom. The average Bonchev–Trinajstić information content (AvgIpc) is 3.04. The molecule has 0 radical (unpaired) electrons. The van der Waals surface area contributed by atoms with Crippen LogP contribution in [0.1, 0.15) is 46.8 Å². The van der Waals surface area contributed by atoms with E-state index >= 15 is 0 Å². The van der Waals surface area contributed by atoms with Crippen LogP contribution < -0.4 is 15.0 Å². The molecule has 7 heteroatoms. The van der Waals surface area contributed by atoms with Crippen LogP contribution in [0.25, 0.3) is 0 Å². The van der Waals surface area contributed by atoms with Crippen molar-refractivity contribution in [2.24, 2.45) is 0 Å². The minimum absolute atomic E-state index is 0.0733. The number of hydrogen-bond donors (Lipinski definition) is 1. The van der Waals surface area contributed by atoms with E-state index in [2.05, 4.69) is 5.32 Å². The van der Waals surface area contributed by atoms with Crippen LogP contribution in [-0.4, -0.2) is 44.0 Å². The summed E-state index contributed by atoms with van der Waals surface area (Å²) < 4.78 is 11.1. The Balaban J connectivity index is 1.42. The first-order chi connectivity index (χ1) is 20.9. The SMILES string of the molecule is CCCC(=O)N(CCOc1ccc(C[C@H](Nc2ccccc2C(=O)c2ccccc2)C(=O)OC)cc1)c1ccccc1C. The van der Waals surface area contributed by atoms with E-state index in [1.54, 1.807) is 35.2 Å². The number of nitrogens with one attached hydrogen (secondary N) is 1. The van der Waals surface area contributed by atoms with Crippen LogP contribution in [0.15, 0.2) is 103 Å². The predicted octanol–water partition coefficient (Wildman–Crippen LogP) is 6.63. The highest BCUT2D eigenvalue weighted by Crippen LogP contribution is 2.23. The minimum atomic E-state index is -0.714. The maximum atomic E-state index is 13.2. The van der Waals surface area contributed by atoms with E-state index in [1.807, 2.05) is 86.6 Å². The van der Waals surface area contributed by atoms with Gasteiger partial charge in [0.05, 0.1) is 13.7 Å². The van der Waals surface area contributed by atoms with Crippen molar-refractivity contribution in [3.8, 4) is 5.75 Å². The first-order valence-corrected chi connectivity index (χ1v) is 14.5. The highest BCUT2D eigenvalue weighted by molar-refractivity contribution is 6.12. The second kappa shape index (κ2) is 15.4.